The molecule has 0 saturated carbocycles. The van der Waals surface area contributed by atoms with Crippen LogP contribution in [-0.2, 0) is 4.74 Å². The molecule has 2 nitrogen and oxygen atoms in total. The largest absolute Gasteiger partial charge is 0.378 e. The van der Waals surface area contributed by atoms with Crippen molar-refractivity contribution in [1.82, 2.24) is 5.32 Å². The molecule has 2 heteroatoms. The highest BCUT2D eigenvalue weighted by Crippen LogP contribution is 2.14. The van der Waals surface area contributed by atoms with Gasteiger partial charge in [0.2, 0.25) is 0 Å². The minimum absolute atomic E-state index is 0.423. The lowest BCUT2D eigenvalue weighted by Gasteiger charge is -2.12. The lowest BCUT2D eigenvalue weighted by molar-refractivity contribution is 0.104. The second-order valence-corrected chi connectivity index (χ2v) is 3.40. The zero-order valence-electron chi connectivity index (χ0n) is 7.88. The van der Waals surface area contributed by atoms with Crippen molar-refractivity contribution in [3.8, 4) is 0 Å². The number of nitrogens with one attached hydrogen (secondary N) is 1. The maximum Gasteiger partial charge on any atom is 0.0588 e. The summed E-state index contributed by atoms with van der Waals surface area (Å²) in [7, 11) is 0. The van der Waals surface area contributed by atoms with Crippen LogP contribution < -0.4 is 5.32 Å². The molecule has 0 aromatic carbocycles. The molecular formula is C10H19NO. The second-order valence-electron chi connectivity index (χ2n) is 3.40. The average molecular weight is 169 g/mol. The van der Waals surface area contributed by atoms with Gasteiger partial charge in [-0.3, -0.25) is 0 Å². The monoisotopic (exact) mass is 169 g/mol. The van der Waals surface area contributed by atoms with Gasteiger partial charge in [0, 0.05) is 12.6 Å². The molecule has 0 aromatic heterocycles. The predicted molar refractivity (Wildman–Crippen MR) is 51.3 cm³/mol. The standard InChI is InChI=1S/C10H19NO/c1-3-9(2)11-7-6-10-5-4-8-12-10/h3,9-11H,1,4-8H2,2H3. The first-order chi connectivity index (χ1) is 5.83. The Bertz CT molecular complexity index is 130. The van der Waals surface area contributed by atoms with Crippen molar-refractivity contribution in [3.63, 3.8) is 0 Å². The summed E-state index contributed by atoms with van der Waals surface area (Å²) in [4.78, 5) is 0. The third-order valence-corrected chi connectivity index (χ3v) is 2.31. The molecule has 1 aliphatic rings. The van der Waals surface area contributed by atoms with Gasteiger partial charge in [-0.05, 0) is 32.7 Å². The molecule has 1 N–H and O–H groups in total. The summed E-state index contributed by atoms with van der Waals surface area (Å²) in [5, 5.41) is 3.36. The summed E-state index contributed by atoms with van der Waals surface area (Å²) in [5.41, 5.74) is 0. The van der Waals surface area contributed by atoms with Crippen LogP contribution in [-0.4, -0.2) is 25.3 Å². The summed E-state index contributed by atoms with van der Waals surface area (Å²) in [6, 6.07) is 0.423. The summed E-state index contributed by atoms with van der Waals surface area (Å²) < 4.78 is 5.50. The van der Waals surface area contributed by atoms with Gasteiger partial charge in [0.05, 0.1) is 6.10 Å². The van der Waals surface area contributed by atoms with Crippen molar-refractivity contribution in [1.29, 1.82) is 0 Å². The fourth-order valence-corrected chi connectivity index (χ4v) is 1.43. The molecule has 1 heterocycles. The van der Waals surface area contributed by atoms with Gasteiger partial charge in [-0.15, -0.1) is 6.58 Å². The van der Waals surface area contributed by atoms with Crippen LogP contribution in [0.1, 0.15) is 26.2 Å². The average Bonchev–Trinajstić information content (AvgIpc) is 2.57. The van der Waals surface area contributed by atoms with Crippen molar-refractivity contribution < 1.29 is 4.74 Å². The summed E-state index contributed by atoms with van der Waals surface area (Å²) >= 11 is 0. The zero-order valence-corrected chi connectivity index (χ0v) is 7.88. The number of ether oxygens (including phenoxy) is 1. The van der Waals surface area contributed by atoms with Crippen molar-refractivity contribution in [2.24, 2.45) is 0 Å². The Hall–Kier alpha value is -0.340. The van der Waals surface area contributed by atoms with Gasteiger partial charge in [-0.1, -0.05) is 6.08 Å². The number of rotatable bonds is 5. The molecule has 0 radical (unpaired) electrons. The maximum atomic E-state index is 5.50. The molecule has 0 aliphatic carbocycles. The van der Waals surface area contributed by atoms with Crippen LogP contribution in [0.5, 0.6) is 0 Å². The third-order valence-electron chi connectivity index (χ3n) is 2.31. The Balaban J connectivity index is 1.97. The number of hydrogen-bond acceptors (Lipinski definition) is 2. The van der Waals surface area contributed by atoms with Crippen LogP contribution in [0.4, 0.5) is 0 Å². The Morgan fingerprint density at radius 3 is 3.17 bits per heavy atom. The van der Waals surface area contributed by atoms with Gasteiger partial charge in [0.25, 0.3) is 0 Å². The van der Waals surface area contributed by atoms with Gasteiger partial charge >= 0.3 is 0 Å². The van der Waals surface area contributed by atoms with Gasteiger partial charge in [0.1, 0.15) is 0 Å². The van der Waals surface area contributed by atoms with Crippen molar-refractivity contribution >= 4 is 0 Å². The smallest absolute Gasteiger partial charge is 0.0588 e. The molecule has 2 atom stereocenters. The molecule has 12 heavy (non-hydrogen) atoms. The minimum Gasteiger partial charge on any atom is -0.378 e. The SMILES string of the molecule is C=CC(C)NCCC1CCCO1. The topological polar surface area (TPSA) is 21.3 Å². The molecule has 0 aromatic rings. The highest BCUT2D eigenvalue weighted by molar-refractivity contribution is 4.81. The lowest BCUT2D eigenvalue weighted by Crippen LogP contribution is -2.27. The van der Waals surface area contributed by atoms with E-state index in [1.54, 1.807) is 0 Å². The van der Waals surface area contributed by atoms with Crippen LogP contribution in [0.15, 0.2) is 12.7 Å². The Labute approximate surface area is 75.0 Å². The van der Waals surface area contributed by atoms with E-state index < -0.39 is 0 Å². The maximum absolute atomic E-state index is 5.50. The second kappa shape index (κ2) is 5.33. The highest BCUT2D eigenvalue weighted by atomic mass is 16.5. The molecule has 1 rings (SSSR count). The van der Waals surface area contributed by atoms with Gasteiger partial charge in [-0.2, -0.15) is 0 Å². The van der Waals surface area contributed by atoms with Crippen LogP contribution in [0.3, 0.4) is 0 Å². The van der Waals surface area contributed by atoms with Crippen molar-refractivity contribution in [3.05, 3.63) is 12.7 Å². The first-order valence-electron chi connectivity index (χ1n) is 4.80. The van der Waals surface area contributed by atoms with E-state index >= 15 is 0 Å². The van der Waals surface area contributed by atoms with E-state index in [9.17, 15) is 0 Å². The van der Waals surface area contributed by atoms with Crippen molar-refractivity contribution in [2.45, 2.75) is 38.3 Å². The molecule has 2 unspecified atom stereocenters. The zero-order chi connectivity index (χ0) is 8.81. The highest BCUT2D eigenvalue weighted by Gasteiger charge is 2.14. The Morgan fingerprint density at radius 2 is 2.58 bits per heavy atom. The van der Waals surface area contributed by atoms with E-state index in [-0.39, 0.29) is 0 Å². The fraction of sp³-hybridized carbons (Fsp3) is 0.800. The van der Waals surface area contributed by atoms with Crippen LogP contribution >= 0.6 is 0 Å². The van der Waals surface area contributed by atoms with E-state index in [2.05, 4.69) is 18.8 Å². The van der Waals surface area contributed by atoms with Crippen LogP contribution in [0, 0.1) is 0 Å². The van der Waals surface area contributed by atoms with Gasteiger partial charge in [-0.25, -0.2) is 0 Å². The van der Waals surface area contributed by atoms with E-state index in [0.29, 0.717) is 12.1 Å². The molecule has 1 fully saturated rings. The van der Waals surface area contributed by atoms with E-state index in [1.165, 1.54) is 12.8 Å². The lowest BCUT2D eigenvalue weighted by atomic mass is 10.2. The van der Waals surface area contributed by atoms with E-state index in [1.807, 2.05) is 6.08 Å². The fourth-order valence-electron chi connectivity index (χ4n) is 1.43. The van der Waals surface area contributed by atoms with Gasteiger partial charge in [0.15, 0.2) is 0 Å². The molecule has 0 spiro atoms. The summed E-state index contributed by atoms with van der Waals surface area (Å²) in [6.45, 7) is 7.83. The molecule has 1 saturated heterocycles. The summed E-state index contributed by atoms with van der Waals surface area (Å²) in [6.07, 6.45) is 6.05. The van der Waals surface area contributed by atoms with E-state index in [4.69, 9.17) is 4.74 Å². The van der Waals surface area contributed by atoms with Crippen LogP contribution in [0.2, 0.25) is 0 Å². The molecular weight excluding hydrogens is 150 g/mol. The number of hydrogen-bond donors (Lipinski definition) is 1. The van der Waals surface area contributed by atoms with Crippen LogP contribution in [0.25, 0.3) is 0 Å². The Kier molecular flexibility index (Phi) is 4.33. The predicted octanol–water partition coefficient (Wildman–Crippen LogP) is 1.72. The molecule has 0 amide bonds. The summed E-state index contributed by atoms with van der Waals surface area (Å²) in [5.74, 6) is 0. The normalized spacial score (nSPS) is 25.6. The minimum atomic E-state index is 0.423. The first kappa shape index (κ1) is 9.75. The van der Waals surface area contributed by atoms with E-state index in [0.717, 1.165) is 19.6 Å². The van der Waals surface area contributed by atoms with Gasteiger partial charge < -0.3 is 10.1 Å². The first-order valence-corrected chi connectivity index (χ1v) is 4.80. The Morgan fingerprint density at radius 1 is 1.75 bits per heavy atom. The molecule has 0 bridgehead atoms. The third kappa shape index (κ3) is 3.37. The van der Waals surface area contributed by atoms with Crippen molar-refractivity contribution in [2.75, 3.05) is 13.2 Å². The molecule has 1 aliphatic heterocycles. The quantitative estimate of drug-likeness (QED) is 0.633. The molecule has 70 valence electrons.